The summed E-state index contributed by atoms with van der Waals surface area (Å²) in [5.41, 5.74) is 4.73. The van der Waals surface area contributed by atoms with Gasteiger partial charge in [0.15, 0.2) is 0 Å². The van der Waals surface area contributed by atoms with E-state index < -0.39 is 0 Å². The molecule has 4 heteroatoms. The average Bonchev–Trinajstić information content (AvgIpc) is 2.98. The van der Waals surface area contributed by atoms with Gasteiger partial charge in [0.25, 0.3) is 0 Å². The smallest absolute Gasteiger partial charge is 0.228 e. The van der Waals surface area contributed by atoms with E-state index in [9.17, 15) is 4.79 Å². The molecule has 0 fully saturated rings. The molecule has 4 nitrogen and oxygen atoms in total. The van der Waals surface area contributed by atoms with Gasteiger partial charge in [0.1, 0.15) is 11.3 Å². The van der Waals surface area contributed by atoms with Crippen LogP contribution in [0.5, 0.6) is 5.75 Å². The van der Waals surface area contributed by atoms with Crippen LogP contribution in [0.3, 0.4) is 0 Å². The van der Waals surface area contributed by atoms with Crippen LogP contribution in [-0.2, 0) is 17.6 Å². The Hall–Kier alpha value is -2.75. The number of carbonyl (C=O) groups is 1. The summed E-state index contributed by atoms with van der Waals surface area (Å²) < 4.78 is 10.7. The summed E-state index contributed by atoms with van der Waals surface area (Å²) in [5, 5.41) is 3.99. The molecule has 1 heterocycles. The Morgan fingerprint density at radius 2 is 2.04 bits per heavy atom. The average molecular weight is 323 g/mol. The highest BCUT2D eigenvalue weighted by atomic mass is 16.5. The quantitative estimate of drug-likeness (QED) is 0.752. The standard InChI is InChI=1S/C20H21NO3/c1-4-14-7-5-6-13(2)20(14)21-19(22)10-15-12-24-18-11-16(23-3)8-9-17(15)18/h5-9,11-12H,4,10H2,1-3H3,(H,21,22). The summed E-state index contributed by atoms with van der Waals surface area (Å²) in [6, 6.07) is 11.7. The Balaban J connectivity index is 1.81. The van der Waals surface area contributed by atoms with Gasteiger partial charge in [-0.2, -0.15) is 0 Å². The van der Waals surface area contributed by atoms with Gasteiger partial charge in [-0.25, -0.2) is 0 Å². The Kier molecular flexibility index (Phi) is 4.56. The minimum absolute atomic E-state index is 0.0440. The molecule has 1 amide bonds. The van der Waals surface area contributed by atoms with E-state index in [4.69, 9.17) is 9.15 Å². The molecule has 1 N–H and O–H groups in total. The fraction of sp³-hybridized carbons (Fsp3) is 0.250. The van der Waals surface area contributed by atoms with Gasteiger partial charge in [-0.1, -0.05) is 25.1 Å². The Morgan fingerprint density at radius 3 is 2.79 bits per heavy atom. The number of ether oxygens (including phenoxy) is 1. The van der Waals surface area contributed by atoms with Crippen molar-refractivity contribution in [1.29, 1.82) is 0 Å². The van der Waals surface area contributed by atoms with E-state index in [0.717, 1.165) is 45.5 Å². The lowest BCUT2D eigenvalue weighted by molar-refractivity contribution is -0.115. The maximum Gasteiger partial charge on any atom is 0.228 e. The first-order chi connectivity index (χ1) is 11.6. The van der Waals surface area contributed by atoms with E-state index in [1.807, 2.05) is 43.3 Å². The lowest BCUT2D eigenvalue weighted by Crippen LogP contribution is -2.16. The number of para-hydroxylation sites is 1. The lowest BCUT2D eigenvalue weighted by Gasteiger charge is -2.12. The molecule has 0 bridgehead atoms. The second-order valence-corrected chi connectivity index (χ2v) is 5.81. The molecular weight excluding hydrogens is 302 g/mol. The van der Waals surface area contributed by atoms with Gasteiger partial charge in [-0.15, -0.1) is 0 Å². The van der Waals surface area contributed by atoms with Crippen LogP contribution in [0.25, 0.3) is 11.0 Å². The number of nitrogens with one attached hydrogen (secondary N) is 1. The van der Waals surface area contributed by atoms with Crippen molar-refractivity contribution >= 4 is 22.6 Å². The van der Waals surface area contributed by atoms with Gasteiger partial charge in [-0.3, -0.25) is 4.79 Å². The predicted octanol–water partition coefficient (Wildman–Crippen LogP) is 4.49. The minimum Gasteiger partial charge on any atom is -0.497 e. The number of rotatable bonds is 5. The van der Waals surface area contributed by atoms with Crippen LogP contribution in [0.4, 0.5) is 5.69 Å². The number of hydrogen-bond donors (Lipinski definition) is 1. The summed E-state index contributed by atoms with van der Waals surface area (Å²) in [7, 11) is 1.62. The molecule has 0 saturated heterocycles. The highest BCUT2D eigenvalue weighted by Crippen LogP contribution is 2.27. The highest BCUT2D eigenvalue weighted by molar-refractivity contribution is 5.96. The Bertz CT molecular complexity index is 880. The molecule has 0 aliphatic rings. The minimum atomic E-state index is -0.0440. The molecule has 3 rings (SSSR count). The number of aryl methyl sites for hydroxylation is 2. The van der Waals surface area contributed by atoms with Crippen molar-refractivity contribution in [3.05, 3.63) is 59.4 Å². The van der Waals surface area contributed by atoms with Gasteiger partial charge < -0.3 is 14.5 Å². The molecular formula is C20H21NO3. The Labute approximate surface area is 141 Å². The van der Waals surface area contributed by atoms with Crippen molar-refractivity contribution in [2.75, 3.05) is 12.4 Å². The third-order valence-corrected chi connectivity index (χ3v) is 4.22. The zero-order valence-corrected chi connectivity index (χ0v) is 14.2. The number of methoxy groups -OCH3 is 1. The van der Waals surface area contributed by atoms with Gasteiger partial charge in [0.05, 0.1) is 19.8 Å². The third-order valence-electron chi connectivity index (χ3n) is 4.22. The molecule has 1 aromatic heterocycles. The molecule has 0 saturated carbocycles. The summed E-state index contributed by atoms with van der Waals surface area (Å²) in [4.78, 5) is 12.5. The third kappa shape index (κ3) is 3.13. The number of hydrogen-bond acceptors (Lipinski definition) is 3. The van der Waals surface area contributed by atoms with Crippen LogP contribution in [-0.4, -0.2) is 13.0 Å². The fourth-order valence-electron chi connectivity index (χ4n) is 2.89. The largest absolute Gasteiger partial charge is 0.497 e. The summed E-state index contributed by atoms with van der Waals surface area (Å²) >= 11 is 0. The monoisotopic (exact) mass is 323 g/mol. The lowest BCUT2D eigenvalue weighted by atomic mass is 10.0. The Morgan fingerprint density at radius 1 is 1.21 bits per heavy atom. The normalized spacial score (nSPS) is 10.8. The molecule has 3 aromatic rings. The summed E-state index contributed by atoms with van der Waals surface area (Å²) in [5.74, 6) is 0.692. The summed E-state index contributed by atoms with van der Waals surface area (Å²) in [6.07, 6.45) is 2.80. The summed E-state index contributed by atoms with van der Waals surface area (Å²) in [6.45, 7) is 4.09. The maximum atomic E-state index is 12.5. The predicted molar refractivity (Wildman–Crippen MR) is 95.7 cm³/mol. The van der Waals surface area contributed by atoms with E-state index in [-0.39, 0.29) is 12.3 Å². The SMILES string of the molecule is CCc1cccc(C)c1NC(=O)Cc1coc2cc(OC)ccc12. The van der Waals surface area contributed by atoms with Gasteiger partial charge in [0.2, 0.25) is 5.91 Å². The van der Waals surface area contributed by atoms with Crippen molar-refractivity contribution in [3.63, 3.8) is 0 Å². The molecule has 124 valence electrons. The first-order valence-electron chi connectivity index (χ1n) is 8.04. The zero-order valence-electron chi connectivity index (χ0n) is 14.2. The maximum absolute atomic E-state index is 12.5. The van der Waals surface area contributed by atoms with Crippen LogP contribution in [0, 0.1) is 6.92 Å². The number of carbonyl (C=O) groups excluding carboxylic acids is 1. The zero-order chi connectivity index (χ0) is 17.1. The van der Waals surface area contributed by atoms with Crippen molar-refractivity contribution in [3.8, 4) is 5.75 Å². The molecule has 0 spiro atoms. The van der Waals surface area contributed by atoms with Crippen LogP contribution >= 0.6 is 0 Å². The van der Waals surface area contributed by atoms with E-state index in [2.05, 4.69) is 12.2 Å². The number of fused-ring (bicyclic) bond motifs is 1. The second kappa shape index (κ2) is 6.79. The van der Waals surface area contributed by atoms with Crippen molar-refractivity contribution in [1.82, 2.24) is 0 Å². The van der Waals surface area contributed by atoms with E-state index in [1.165, 1.54) is 0 Å². The second-order valence-electron chi connectivity index (χ2n) is 5.81. The molecule has 0 radical (unpaired) electrons. The number of furan rings is 1. The van der Waals surface area contributed by atoms with Gasteiger partial charge in [0, 0.05) is 22.7 Å². The van der Waals surface area contributed by atoms with Crippen LogP contribution < -0.4 is 10.1 Å². The van der Waals surface area contributed by atoms with E-state index in [0.29, 0.717) is 0 Å². The van der Waals surface area contributed by atoms with E-state index >= 15 is 0 Å². The molecule has 2 aromatic carbocycles. The van der Waals surface area contributed by atoms with Gasteiger partial charge in [-0.05, 0) is 36.6 Å². The first kappa shape index (κ1) is 16.1. The van der Waals surface area contributed by atoms with Crippen LogP contribution in [0.2, 0.25) is 0 Å². The highest BCUT2D eigenvalue weighted by Gasteiger charge is 2.13. The van der Waals surface area contributed by atoms with Crippen LogP contribution in [0.15, 0.2) is 47.1 Å². The van der Waals surface area contributed by atoms with Crippen molar-refractivity contribution < 1.29 is 13.9 Å². The van der Waals surface area contributed by atoms with E-state index in [1.54, 1.807) is 13.4 Å². The fourth-order valence-corrected chi connectivity index (χ4v) is 2.89. The molecule has 0 aliphatic heterocycles. The number of benzene rings is 2. The van der Waals surface area contributed by atoms with Crippen LogP contribution in [0.1, 0.15) is 23.6 Å². The molecule has 0 unspecified atom stereocenters. The molecule has 0 atom stereocenters. The molecule has 24 heavy (non-hydrogen) atoms. The van der Waals surface area contributed by atoms with Crippen molar-refractivity contribution in [2.24, 2.45) is 0 Å². The number of amides is 1. The van der Waals surface area contributed by atoms with Gasteiger partial charge >= 0.3 is 0 Å². The number of anilines is 1. The molecule has 0 aliphatic carbocycles. The first-order valence-corrected chi connectivity index (χ1v) is 8.04. The topological polar surface area (TPSA) is 51.5 Å². The van der Waals surface area contributed by atoms with Crippen molar-refractivity contribution in [2.45, 2.75) is 26.7 Å².